The van der Waals surface area contributed by atoms with Crippen molar-refractivity contribution in [3.63, 3.8) is 0 Å². The maximum absolute atomic E-state index is 12.9. The van der Waals surface area contributed by atoms with Crippen LogP contribution in [0.1, 0.15) is 29.8 Å². The molecule has 0 unspecified atom stereocenters. The summed E-state index contributed by atoms with van der Waals surface area (Å²) >= 11 is 3.54. The maximum atomic E-state index is 12.9. The highest BCUT2D eigenvalue weighted by molar-refractivity contribution is 9.10. The van der Waals surface area contributed by atoms with E-state index in [1.54, 1.807) is 19.2 Å². The first-order chi connectivity index (χ1) is 15.0. The minimum atomic E-state index is -0.132. The molecular weight excluding hydrogens is 460 g/mol. The van der Waals surface area contributed by atoms with Crippen LogP contribution >= 0.6 is 15.9 Å². The third kappa shape index (κ3) is 6.45. The molecule has 1 amide bonds. The number of carbonyl (C=O) groups is 1. The van der Waals surface area contributed by atoms with E-state index in [1.807, 2.05) is 30.3 Å². The third-order valence-electron chi connectivity index (χ3n) is 5.47. The quantitative estimate of drug-likeness (QED) is 0.572. The van der Waals surface area contributed by atoms with Crippen LogP contribution < -0.4 is 14.8 Å². The van der Waals surface area contributed by atoms with E-state index in [1.165, 1.54) is 0 Å². The lowest BCUT2D eigenvalue weighted by Gasteiger charge is -2.36. The van der Waals surface area contributed by atoms with Crippen LogP contribution in [-0.2, 0) is 11.3 Å². The van der Waals surface area contributed by atoms with Crippen LogP contribution in [0, 0.1) is 5.92 Å². The standard InChI is InChI=1S/C24H31BrN2O4/c1-17(2)21(27-9-11-30-12-10-27)15-26-24(28)19-13-20(25)23(22(14-19)29-3)31-16-18-7-5-4-6-8-18/h4-8,13-14,17,21H,9-12,15-16H2,1-3H3,(H,26,28)/t21-/m1/s1. The monoisotopic (exact) mass is 490 g/mol. The van der Waals surface area contributed by atoms with Crippen molar-refractivity contribution in [3.8, 4) is 11.5 Å². The summed E-state index contributed by atoms with van der Waals surface area (Å²) in [5.74, 6) is 1.39. The summed E-state index contributed by atoms with van der Waals surface area (Å²) in [4.78, 5) is 15.3. The van der Waals surface area contributed by atoms with Gasteiger partial charge in [0.25, 0.3) is 5.91 Å². The molecule has 7 heteroatoms. The van der Waals surface area contributed by atoms with Crippen LogP contribution in [0.4, 0.5) is 0 Å². The highest BCUT2D eigenvalue weighted by atomic mass is 79.9. The first-order valence-corrected chi connectivity index (χ1v) is 11.4. The molecule has 1 aliphatic rings. The van der Waals surface area contributed by atoms with Gasteiger partial charge in [0.2, 0.25) is 0 Å². The van der Waals surface area contributed by atoms with Crippen molar-refractivity contribution in [2.24, 2.45) is 5.92 Å². The van der Waals surface area contributed by atoms with E-state index in [4.69, 9.17) is 14.2 Å². The zero-order chi connectivity index (χ0) is 22.2. The van der Waals surface area contributed by atoms with Gasteiger partial charge in [0.1, 0.15) is 6.61 Å². The van der Waals surface area contributed by atoms with Crippen LogP contribution in [0.15, 0.2) is 46.9 Å². The van der Waals surface area contributed by atoms with Gasteiger partial charge in [-0.2, -0.15) is 0 Å². The van der Waals surface area contributed by atoms with E-state index in [9.17, 15) is 4.79 Å². The van der Waals surface area contributed by atoms with Crippen molar-refractivity contribution < 1.29 is 19.0 Å². The molecule has 2 aromatic rings. The first-order valence-electron chi connectivity index (χ1n) is 10.6. The number of methoxy groups -OCH3 is 1. The molecule has 2 aromatic carbocycles. The summed E-state index contributed by atoms with van der Waals surface area (Å²) in [6.45, 7) is 8.64. The average molecular weight is 491 g/mol. The second kappa shape index (κ2) is 11.5. The lowest BCUT2D eigenvalue weighted by Crippen LogP contribution is -2.51. The minimum absolute atomic E-state index is 0.132. The largest absolute Gasteiger partial charge is 0.493 e. The Kier molecular flexibility index (Phi) is 8.75. The van der Waals surface area contributed by atoms with Crippen molar-refractivity contribution in [1.82, 2.24) is 10.2 Å². The lowest BCUT2D eigenvalue weighted by molar-refractivity contribution is 0.00672. The fraction of sp³-hybridized carbons (Fsp3) is 0.458. The number of rotatable bonds is 9. The number of ether oxygens (including phenoxy) is 3. The Morgan fingerprint density at radius 1 is 1.19 bits per heavy atom. The first kappa shape index (κ1) is 23.6. The number of amides is 1. The van der Waals surface area contributed by atoms with Crippen LogP contribution in [0.5, 0.6) is 11.5 Å². The van der Waals surface area contributed by atoms with Crippen LogP contribution in [0.25, 0.3) is 0 Å². The van der Waals surface area contributed by atoms with Gasteiger partial charge < -0.3 is 19.5 Å². The van der Waals surface area contributed by atoms with Crippen molar-refractivity contribution in [3.05, 3.63) is 58.1 Å². The Morgan fingerprint density at radius 2 is 1.90 bits per heavy atom. The molecule has 0 bridgehead atoms. The van der Waals surface area contributed by atoms with Gasteiger partial charge >= 0.3 is 0 Å². The molecule has 1 heterocycles. The summed E-state index contributed by atoms with van der Waals surface area (Å²) in [6, 6.07) is 13.7. The minimum Gasteiger partial charge on any atom is -0.493 e. The number of nitrogens with zero attached hydrogens (tertiary/aromatic N) is 1. The Balaban J connectivity index is 1.67. The SMILES string of the molecule is COc1cc(C(=O)NC[C@H](C(C)C)N2CCOCC2)cc(Br)c1OCc1ccccc1. The highest BCUT2D eigenvalue weighted by Gasteiger charge is 2.25. The summed E-state index contributed by atoms with van der Waals surface area (Å²) < 4.78 is 17.6. The third-order valence-corrected chi connectivity index (χ3v) is 6.06. The van der Waals surface area contributed by atoms with Crippen molar-refractivity contribution >= 4 is 21.8 Å². The number of hydrogen-bond acceptors (Lipinski definition) is 5. The van der Waals surface area contributed by atoms with Gasteiger partial charge in [-0.3, -0.25) is 9.69 Å². The number of hydrogen-bond donors (Lipinski definition) is 1. The highest BCUT2D eigenvalue weighted by Crippen LogP contribution is 2.37. The van der Waals surface area contributed by atoms with Gasteiger partial charge in [0.15, 0.2) is 11.5 Å². The van der Waals surface area contributed by atoms with E-state index < -0.39 is 0 Å². The fourth-order valence-corrected chi connectivity index (χ4v) is 4.27. The lowest BCUT2D eigenvalue weighted by atomic mass is 10.0. The number of halogens is 1. The van der Waals surface area contributed by atoms with Gasteiger partial charge in [-0.15, -0.1) is 0 Å². The Labute approximate surface area is 193 Å². The summed E-state index contributed by atoms with van der Waals surface area (Å²) in [6.07, 6.45) is 0. The van der Waals surface area contributed by atoms with Gasteiger partial charge in [-0.05, 0) is 39.5 Å². The predicted octanol–water partition coefficient (Wildman–Crippen LogP) is 4.12. The van der Waals surface area contributed by atoms with Crippen molar-refractivity contribution in [2.75, 3.05) is 40.0 Å². The average Bonchev–Trinajstić information content (AvgIpc) is 2.79. The van der Waals surface area contributed by atoms with Crippen LogP contribution in [0.2, 0.25) is 0 Å². The van der Waals surface area contributed by atoms with E-state index in [0.717, 1.165) is 31.9 Å². The molecule has 1 fully saturated rings. The summed E-state index contributed by atoms with van der Waals surface area (Å²) in [7, 11) is 1.58. The number of carbonyl (C=O) groups excluding carboxylic acids is 1. The number of benzene rings is 2. The van der Waals surface area contributed by atoms with Crippen molar-refractivity contribution in [1.29, 1.82) is 0 Å². The molecule has 3 rings (SSSR count). The molecule has 1 N–H and O–H groups in total. The maximum Gasteiger partial charge on any atom is 0.251 e. The topological polar surface area (TPSA) is 60.0 Å². The van der Waals surface area contributed by atoms with E-state index in [-0.39, 0.29) is 11.9 Å². The smallest absolute Gasteiger partial charge is 0.251 e. The molecule has 31 heavy (non-hydrogen) atoms. The molecule has 168 valence electrons. The van der Waals surface area contributed by atoms with Crippen molar-refractivity contribution in [2.45, 2.75) is 26.5 Å². The summed E-state index contributed by atoms with van der Waals surface area (Å²) in [5, 5.41) is 3.09. The molecule has 1 saturated heterocycles. The van der Waals surface area contributed by atoms with Gasteiger partial charge in [0.05, 0.1) is 24.8 Å². The molecule has 0 radical (unpaired) electrons. The Hall–Kier alpha value is -2.09. The molecule has 0 aromatic heterocycles. The predicted molar refractivity (Wildman–Crippen MR) is 125 cm³/mol. The molecular formula is C24H31BrN2O4. The Bertz CT molecular complexity index is 854. The zero-order valence-corrected chi connectivity index (χ0v) is 20.0. The van der Waals surface area contributed by atoms with Crippen LogP contribution in [0.3, 0.4) is 0 Å². The molecule has 6 nitrogen and oxygen atoms in total. The molecule has 1 atom stereocenters. The zero-order valence-electron chi connectivity index (χ0n) is 18.4. The molecule has 0 aliphatic carbocycles. The number of morpholine rings is 1. The second-order valence-electron chi connectivity index (χ2n) is 7.93. The summed E-state index contributed by atoms with van der Waals surface area (Å²) in [5.41, 5.74) is 1.58. The van der Waals surface area contributed by atoms with Crippen LogP contribution in [-0.4, -0.2) is 56.8 Å². The van der Waals surface area contributed by atoms with E-state index in [0.29, 0.717) is 40.6 Å². The fourth-order valence-electron chi connectivity index (χ4n) is 3.72. The van der Waals surface area contributed by atoms with E-state index >= 15 is 0 Å². The number of nitrogens with one attached hydrogen (secondary N) is 1. The molecule has 0 saturated carbocycles. The van der Waals surface area contributed by atoms with E-state index in [2.05, 4.69) is 40.0 Å². The van der Waals surface area contributed by atoms with Gasteiger partial charge in [0, 0.05) is 31.2 Å². The Morgan fingerprint density at radius 3 is 2.55 bits per heavy atom. The molecule has 1 aliphatic heterocycles. The normalized spacial score (nSPS) is 15.5. The molecule has 0 spiro atoms. The van der Waals surface area contributed by atoms with Gasteiger partial charge in [-0.25, -0.2) is 0 Å². The second-order valence-corrected chi connectivity index (χ2v) is 8.79. The van der Waals surface area contributed by atoms with Gasteiger partial charge in [-0.1, -0.05) is 44.2 Å².